The fraction of sp³-hybridized carbons (Fsp3) is 0.524. The fourth-order valence-corrected chi connectivity index (χ4v) is 5.33. The standard InChI is InChI=1S/C21H27N3O5S/c1-21(2)10-13(7-8-29-21)24-19-17(20(26)23-24)18(30-11-16(25)22-19)12-5-6-14(27-3)15(9-12)28-4/h5-6,9,13,18H,7-8,10-11H2,1-4H3,(H,22,25)(H,23,26)/t13-,18+/m1/s1. The number of anilines is 1. The predicted molar refractivity (Wildman–Crippen MR) is 116 cm³/mol. The second-order valence-corrected chi connectivity index (χ2v) is 9.28. The maximum atomic E-state index is 13.1. The highest BCUT2D eigenvalue weighted by molar-refractivity contribution is 8.00. The van der Waals surface area contributed by atoms with E-state index < -0.39 is 0 Å². The van der Waals surface area contributed by atoms with Crippen LogP contribution in [-0.2, 0) is 9.53 Å². The molecule has 162 valence electrons. The number of aromatic nitrogens is 2. The van der Waals surface area contributed by atoms with Crippen molar-refractivity contribution in [3.05, 3.63) is 39.7 Å². The third-order valence-corrected chi connectivity index (χ3v) is 6.88. The third-order valence-electron chi connectivity index (χ3n) is 5.61. The lowest BCUT2D eigenvalue weighted by atomic mass is 9.94. The van der Waals surface area contributed by atoms with Crippen molar-refractivity contribution < 1.29 is 19.0 Å². The number of ether oxygens (including phenoxy) is 3. The first kappa shape index (κ1) is 20.9. The number of fused-ring (bicyclic) bond motifs is 1. The van der Waals surface area contributed by atoms with Crippen molar-refractivity contribution in [3.63, 3.8) is 0 Å². The molecule has 0 aliphatic carbocycles. The lowest BCUT2D eigenvalue weighted by molar-refractivity contribution is -0.113. The lowest BCUT2D eigenvalue weighted by Crippen LogP contribution is -2.36. The van der Waals surface area contributed by atoms with E-state index in [0.29, 0.717) is 29.5 Å². The number of benzene rings is 1. The predicted octanol–water partition coefficient (Wildman–Crippen LogP) is 3.10. The van der Waals surface area contributed by atoms with Gasteiger partial charge in [-0.15, -0.1) is 11.8 Å². The highest BCUT2D eigenvalue weighted by atomic mass is 32.2. The van der Waals surface area contributed by atoms with Gasteiger partial charge in [0.15, 0.2) is 11.5 Å². The molecule has 9 heteroatoms. The largest absolute Gasteiger partial charge is 0.493 e. The highest BCUT2D eigenvalue weighted by Crippen LogP contribution is 2.44. The molecule has 1 amide bonds. The molecule has 0 unspecified atom stereocenters. The first-order valence-corrected chi connectivity index (χ1v) is 11.0. The minimum Gasteiger partial charge on any atom is -0.493 e. The van der Waals surface area contributed by atoms with Crippen molar-refractivity contribution in [3.8, 4) is 11.5 Å². The number of thioether (sulfide) groups is 1. The molecule has 2 aliphatic heterocycles. The van der Waals surface area contributed by atoms with E-state index in [9.17, 15) is 9.59 Å². The van der Waals surface area contributed by atoms with Gasteiger partial charge in [0.05, 0.1) is 42.4 Å². The number of amides is 1. The minimum atomic E-state index is -0.309. The fourth-order valence-electron chi connectivity index (χ4n) is 4.22. The lowest BCUT2D eigenvalue weighted by Gasteiger charge is -2.36. The number of H-pyrrole nitrogens is 1. The summed E-state index contributed by atoms with van der Waals surface area (Å²) in [6, 6.07) is 5.64. The van der Waals surface area contributed by atoms with Crippen molar-refractivity contribution in [2.24, 2.45) is 0 Å². The van der Waals surface area contributed by atoms with E-state index >= 15 is 0 Å². The quantitative estimate of drug-likeness (QED) is 0.770. The van der Waals surface area contributed by atoms with Gasteiger partial charge in [0, 0.05) is 6.61 Å². The molecule has 3 heterocycles. The van der Waals surface area contributed by atoms with E-state index in [0.717, 1.165) is 18.4 Å². The van der Waals surface area contributed by atoms with Crippen LogP contribution in [0.3, 0.4) is 0 Å². The molecule has 0 radical (unpaired) electrons. The van der Waals surface area contributed by atoms with Gasteiger partial charge in [0.1, 0.15) is 5.82 Å². The van der Waals surface area contributed by atoms with Gasteiger partial charge in [0.2, 0.25) is 5.91 Å². The Hall–Kier alpha value is -2.39. The Morgan fingerprint density at radius 3 is 2.67 bits per heavy atom. The average Bonchev–Trinajstić information content (AvgIpc) is 2.92. The third kappa shape index (κ3) is 3.83. The van der Waals surface area contributed by atoms with Crippen LogP contribution in [0.2, 0.25) is 0 Å². The summed E-state index contributed by atoms with van der Waals surface area (Å²) < 4.78 is 18.4. The maximum Gasteiger partial charge on any atom is 0.270 e. The van der Waals surface area contributed by atoms with E-state index in [4.69, 9.17) is 14.2 Å². The Balaban J connectivity index is 1.80. The number of carbonyl (C=O) groups excluding carboxylic acids is 1. The van der Waals surface area contributed by atoms with Gasteiger partial charge in [-0.2, -0.15) is 0 Å². The average molecular weight is 434 g/mol. The molecule has 4 rings (SSSR count). The molecule has 8 nitrogen and oxygen atoms in total. The molecule has 0 spiro atoms. The molecule has 2 atom stereocenters. The van der Waals surface area contributed by atoms with Gasteiger partial charge in [-0.1, -0.05) is 6.07 Å². The summed E-state index contributed by atoms with van der Waals surface area (Å²) in [6.45, 7) is 4.69. The zero-order valence-corrected chi connectivity index (χ0v) is 18.4. The molecular weight excluding hydrogens is 406 g/mol. The molecule has 1 fully saturated rings. The molecule has 1 aromatic carbocycles. The minimum absolute atomic E-state index is 0.0413. The number of hydrogen-bond donors (Lipinski definition) is 2. The van der Waals surface area contributed by atoms with Gasteiger partial charge in [-0.3, -0.25) is 19.4 Å². The Kier molecular flexibility index (Phi) is 5.59. The number of methoxy groups -OCH3 is 2. The smallest absolute Gasteiger partial charge is 0.270 e. The SMILES string of the molecule is COc1ccc([C@@H]2SCC(=O)Nc3c2c(=O)[nH]n3[C@@H]2CCOC(C)(C)C2)cc1OC. The number of nitrogens with zero attached hydrogens (tertiary/aromatic N) is 1. The molecular formula is C21H27N3O5S. The summed E-state index contributed by atoms with van der Waals surface area (Å²) in [4.78, 5) is 25.6. The van der Waals surface area contributed by atoms with Crippen molar-refractivity contribution in [1.29, 1.82) is 0 Å². The summed E-state index contributed by atoms with van der Waals surface area (Å²) in [7, 11) is 3.16. The maximum absolute atomic E-state index is 13.1. The Labute approximate surface area is 179 Å². The number of hydrogen-bond acceptors (Lipinski definition) is 6. The topological polar surface area (TPSA) is 94.6 Å². The number of carbonyl (C=O) groups is 1. The summed E-state index contributed by atoms with van der Waals surface area (Å²) in [5.74, 6) is 1.89. The Bertz CT molecular complexity index is 1010. The van der Waals surface area contributed by atoms with Gasteiger partial charge in [-0.25, -0.2) is 0 Å². The Morgan fingerprint density at radius 2 is 1.97 bits per heavy atom. The van der Waals surface area contributed by atoms with E-state index in [1.54, 1.807) is 14.2 Å². The van der Waals surface area contributed by atoms with E-state index in [2.05, 4.69) is 10.4 Å². The first-order chi connectivity index (χ1) is 14.3. The van der Waals surface area contributed by atoms with Gasteiger partial charge in [-0.05, 0) is 44.4 Å². The van der Waals surface area contributed by atoms with Gasteiger partial charge in [0.25, 0.3) is 5.56 Å². The van der Waals surface area contributed by atoms with Crippen molar-refractivity contribution in [1.82, 2.24) is 9.78 Å². The monoisotopic (exact) mass is 433 g/mol. The van der Waals surface area contributed by atoms with Crippen LogP contribution in [0.5, 0.6) is 11.5 Å². The van der Waals surface area contributed by atoms with E-state index in [1.807, 2.05) is 36.7 Å². The summed E-state index contributed by atoms with van der Waals surface area (Å²) in [5.41, 5.74) is 0.959. The van der Waals surface area contributed by atoms with Crippen LogP contribution in [0.4, 0.5) is 5.82 Å². The first-order valence-electron chi connectivity index (χ1n) is 9.94. The van der Waals surface area contributed by atoms with Crippen LogP contribution < -0.4 is 20.3 Å². The number of aromatic amines is 1. The van der Waals surface area contributed by atoms with Gasteiger partial charge >= 0.3 is 0 Å². The van der Waals surface area contributed by atoms with Crippen LogP contribution in [-0.4, -0.2) is 47.9 Å². The van der Waals surface area contributed by atoms with Crippen molar-refractivity contribution in [2.75, 3.05) is 31.9 Å². The van der Waals surface area contributed by atoms with Crippen molar-refractivity contribution in [2.45, 2.75) is 43.6 Å². The Morgan fingerprint density at radius 1 is 1.20 bits per heavy atom. The molecule has 2 aliphatic rings. The van der Waals surface area contributed by atoms with Crippen LogP contribution >= 0.6 is 11.8 Å². The molecule has 1 aromatic heterocycles. The molecule has 2 aromatic rings. The summed E-state index contributed by atoms with van der Waals surface area (Å²) in [6.07, 6.45) is 1.51. The van der Waals surface area contributed by atoms with Crippen LogP contribution in [0.1, 0.15) is 49.1 Å². The molecule has 1 saturated heterocycles. The number of nitrogens with one attached hydrogen (secondary N) is 2. The summed E-state index contributed by atoms with van der Waals surface area (Å²) in [5, 5.41) is 5.64. The van der Waals surface area contributed by atoms with E-state index in [1.165, 1.54) is 11.8 Å². The van der Waals surface area contributed by atoms with Crippen molar-refractivity contribution >= 4 is 23.5 Å². The summed E-state index contributed by atoms with van der Waals surface area (Å²) >= 11 is 1.43. The second kappa shape index (κ2) is 8.03. The molecule has 30 heavy (non-hydrogen) atoms. The van der Waals surface area contributed by atoms with Crippen LogP contribution in [0, 0.1) is 0 Å². The zero-order chi connectivity index (χ0) is 21.5. The second-order valence-electron chi connectivity index (χ2n) is 8.18. The van der Waals surface area contributed by atoms with Gasteiger partial charge < -0.3 is 19.5 Å². The normalized spacial score (nSPS) is 23.3. The number of rotatable bonds is 4. The van der Waals surface area contributed by atoms with Crippen LogP contribution in [0.25, 0.3) is 0 Å². The highest BCUT2D eigenvalue weighted by Gasteiger charge is 2.36. The van der Waals surface area contributed by atoms with E-state index in [-0.39, 0.29) is 34.1 Å². The molecule has 0 bridgehead atoms. The molecule has 2 N–H and O–H groups in total. The van der Waals surface area contributed by atoms with Crippen LogP contribution in [0.15, 0.2) is 23.0 Å². The molecule has 0 saturated carbocycles. The zero-order valence-electron chi connectivity index (χ0n) is 17.6.